The van der Waals surface area contributed by atoms with Crippen molar-refractivity contribution in [1.82, 2.24) is 0 Å². The number of hydrogen-bond donors (Lipinski definition) is 1. The summed E-state index contributed by atoms with van der Waals surface area (Å²) < 4.78 is 0. The Kier molecular flexibility index (Phi) is 4.82. The number of nitro groups is 1. The molecule has 0 aliphatic rings. The number of aromatic carboxylic acids is 1. The number of nitrogens with zero attached hydrogens (tertiary/aromatic N) is 1. The summed E-state index contributed by atoms with van der Waals surface area (Å²) in [4.78, 5) is 22.2. The average molecular weight is 324 g/mol. The molecule has 1 N–H and O–H groups in total. The molecule has 0 fully saturated rings. The van der Waals surface area contributed by atoms with Crippen LogP contribution in [0.1, 0.15) is 15.9 Å². The quantitative estimate of drug-likeness (QED) is 0.505. The fourth-order valence-corrected chi connectivity index (χ4v) is 3.00. The van der Waals surface area contributed by atoms with Gasteiger partial charge in [0.2, 0.25) is 0 Å². The Hall–Kier alpha value is -2.05. The highest BCUT2D eigenvalue weighted by Gasteiger charge is 2.16. The van der Waals surface area contributed by atoms with Crippen LogP contribution >= 0.6 is 23.4 Å². The predicted octanol–water partition coefficient (Wildman–Crippen LogP) is 4.24. The molecule has 21 heavy (non-hydrogen) atoms. The lowest BCUT2D eigenvalue weighted by Gasteiger charge is -2.06. The molecule has 5 nitrogen and oxygen atoms in total. The maximum Gasteiger partial charge on any atom is 0.336 e. The first kappa shape index (κ1) is 15.3. The Bertz CT molecular complexity index is 705. The Balaban J connectivity index is 2.27. The fourth-order valence-electron chi connectivity index (χ4n) is 1.77. The van der Waals surface area contributed by atoms with Crippen LogP contribution in [-0.4, -0.2) is 16.0 Å². The van der Waals surface area contributed by atoms with Crippen LogP contribution in [-0.2, 0) is 5.75 Å². The van der Waals surface area contributed by atoms with E-state index in [4.69, 9.17) is 16.7 Å². The molecule has 0 amide bonds. The van der Waals surface area contributed by atoms with Crippen molar-refractivity contribution in [2.24, 2.45) is 0 Å². The van der Waals surface area contributed by atoms with Gasteiger partial charge in [-0.2, -0.15) is 0 Å². The van der Waals surface area contributed by atoms with Crippen molar-refractivity contribution in [2.45, 2.75) is 10.6 Å². The van der Waals surface area contributed by atoms with E-state index in [0.717, 1.165) is 0 Å². The molecule has 0 saturated heterocycles. The zero-order valence-electron chi connectivity index (χ0n) is 10.7. The first-order chi connectivity index (χ1) is 9.99. The molecule has 0 aliphatic carbocycles. The third kappa shape index (κ3) is 3.74. The minimum absolute atomic E-state index is 0.0280. The van der Waals surface area contributed by atoms with Gasteiger partial charge in [-0.15, -0.1) is 11.8 Å². The summed E-state index contributed by atoms with van der Waals surface area (Å²) in [5.74, 6) is -0.764. The molecule has 0 unspecified atom stereocenters. The molecular formula is C14H10ClNO4S. The molecule has 0 radical (unpaired) electrons. The number of nitro benzene ring substituents is 1. The molecule has 7 heteroatoms. The van der Waals surface area contributed by atoms with E-state index in [9.17, 15) is 14.9 Å². The van der Waals surface area contributed by atoms with Crippen molar-refractivity contribution >= 4 is 35.0 Å². The van der Waals surface area contributed by atoms with Crippen LogP contribution in [0.15, 0.2) is 47.4 Å². The minimum atomic E-state index is -1.03. The monoisotopic (exact) mass is 323 g/mol. The van der Waals surface area contributed by atoms with Crippen molar-refractivity contribution in [3.8, 4) is 0 Å². The van der Waals surface area contributed by atoms with E-state index in [1.807, 2.05) is 0 Å². The summed E-state index contributed by atoms with van der Waals surface area (Å²) in [7, 11) is 0. The number of carboxylic acids is 1. The van der Waals surface area contributed by atoms with Gasteiger partial charge in [0.1, 0.15) is 0 Å². The molecule has 2 rings (SSSR count). The van der Waals surface area contributed by atoms with Gasteiger partial charge in [0.25, 0.3) is 5.69 Å². The average Bonchev–Trinajstić information content (AvgIpc) is 2.45. The van der Waals surface area contributed by atoms with Crippen LogP contribution in [0.3, 0.4) is 0 Å². The number of benzene rings is 2. The van der Waals surface area contributed by atoms with E-state index in [1.165, 1.54) is 36.0 Å². The zero-order chi connectivity index (χ0) is 15.4. The van der Waals surface area contributed by atoms with E-state index in [2.05, 4.69) is 0 Å². The smallest absolute Gasteiger partial charge is 0.336 e. The van der Waals surface area contributed by atoms with Gasteiger partial charge in [-0.3, -0.25) is 10.1 Å². The maximum atomic E-state index is 11.1. The Morgan fingerprint density at radius 1 is 1.29 bits per heavy atom. The third-order valence-corrected chi connectivity index (χ3v) is 4.10. The second-order valence-electron chi connectivity index (χ2n) is 4.12. The zero-order valence-corrected chi connectivity index (χ0v) is 12.2. The molecule has 0 heterocycles. The van der Waals surface area contributed by atoms with Gasteiger partial charge in [0.15, 0.2) is 0 Å². The Labute approximate surface area is 129 Å². The molecule has 0 atom stereocenters. The first-order valence-corrected chi connectivity index (χ1v) is 7.23. The minimum Gasteiger partial charge on any atom is -0.478 e. The van der Waals surface area contributed by atoms with Gasteiger partial charge < -0.3 is 5.11 Å². The topological polar surface area (TPSA) is 80.4 Å². The van der Waals surface area contributed by atoms with E-state index >= 15 is 0 Å². The van der Waals surface area contributed by atoms with Crippen LogP contribution in [0.4, 0.5) is 5.69 Å². The summed E-state index contributed by atoms with van der Waals surface area (Å²) in [6, 6.07) is 10.9. The largest absolute Gasteiger partial charge is 0.478 e. The second kappa shape index (κ2) is 6.60. The lowest BCUT2D eigenvalue weighted by Crippen LogP contribution is -1.99. The van der Waals surface area contributed by atoms with E-state index < -0.39 is 10.9 Å². The maximum absolute atomic E-state index is 11.1. The molecule has 108 valence electrons. The van der Waals surface area contributed by atoms with Crippen molar-refractivity contribution in [2.75, 3.05) is 0 Å². The number of thioether (sulfide) groups is 1. The van der Waals surface area contributed by atoms with Gasteiger partial charge in [0.05, 0.1) is 10.5 Å². The van der Waals surface area contributed by atoms with E-state index in [0.29, 0.717) is 15.5 Å². The number of carboxylic acid groups (broad SMARTS) is 1. The molecule has 0 aliphatic heterocycles. The van der Waals surface area contributed by atoms with Crippen molar-refractivity contribution in [3.05, 3.63) is 68.7 Å². The van der Waals surface area contributed by atoms with Crippen LogP contribution in [0.2, 0.25) is 5.02 Å². The molecule has 2 aromatic carbocycles. The Morgan fingerprint density at radius 3 is 2.67 bits per heavy atom. The number of rotatable bonds is 5. The second-order valence-corrected chi connectivity index (χ2v) is 5.57. The van der Waals surface area contributed by atoms with E-state index in [1.54, 1.807) is 18.2 Å². The molecule has 2 aromatic rings. The van der Waals surface area contributed by atoms with Crippen molar-refractivity contribution in [3.63, 3.8) is 0 Å². The third-order valence-electron chi connectivity index (χ3n) is 2.74. The first-order valence-electron chi connectivity index (χ1n) is 5.87. The van der Waals surface area contributed by atoms with Gasteiger partial charge in [-0.25, -0.2) is 4.79 Å². The van der Waals surface area contributed by atoms with Gasteiger partial charge in [-0.05, 0) is 24.3 Å². The predicted molar refractivity (Wildman–Crippen MR) is 81.1 cm³/mol. The number of hydrogen-bond acceptors (Lipinski definition) is 4. The molecule has 0 spiro atoms. The molecular weight excluding hydrogens is 314 g/mol. The highest BCUT2D eigenvalue weighted by atomic mass is 35.5. The number of halogens is 1. The van der Waals surface area contributed by atoms with Crippen LogP contribution in [0.25, 0.3) is 0 Å². The van der Waals surface area contributed by atoms with Crippen LogP contribution in [0, 0.1) is 10.1 Å². The van der Waals surface area contributed by atoms with Gasteiger partial charge >= 0.3 is 5.97 Å². The van der Waals surface area contributed by atoms with Gasteiger partial charge in [0, 0.05) is 27.3 Å². The van der Waals surface area contributed by atoms with Crippen LogP contribution < -0.4 is 0 Å². The molecule has 0 aromatic heterocycles. The van der Waals surface area contributed by atoms with Gasteiger partial charge in [-0.1, -0.05) is 23.7 Å². The summed E-state index contributed by atoms with van der Waals surface area (Å²) >= 11 is 7.08. The summed E-state index contributed by atoms with van der Waals surface area (Å²) in [6.07, 6.45) is 0. The van der Waals surface area contributed by atoms with Crippen LogP contribution in [0.5, 0.6) is 0 Å². The fraction of sp³-hybridized carbons (Fsp3) is 0.0714. The van der Waals surface area contributed by atoms with E-state index in [-0.39, 0.29) is 17.0 Å². The highest BCUT2D eigenvalue weighted by molar-refractivity contribution is 7.98. The molecule has 0 bridgehead atoms. The normalized spacial score (nSPS) is 10.3. The molecule has 0 saturated carbocycles. The lowest BCUT2D eigenvalue weighted by molar-refractivity contribution is -0.385. The van der Waals surface area contributed by atoms with Crippen molar-refractivity contribution < 1.29 is 14.8 Å². The van der Waals surface area contributed by atoms with Crippen molar-refractivity contribution in [1.29, 1.82) is 0 Å². The summed E-state index contributed by atoms with van der Waals surface area (Å²) in [5, 5.41) is 20.5. The number of carbonyl (C=O) groups is 1. The lowest BCUT2D eigenvalue weighted by atomic mass is 10.2. The summed E-state index contributed by atoms with van der Waals surface area (Å²) in [6.45, 7) is 0. The Morgan fingerprint density at radius 2 is 2.00 bits per heavy atom. The SMILES string of the molecule is O=C(O)c1ccccc1SCc1cc(Cl)ccc1[N+](=O)[O-]. The standard InChI is InChI=1S/C14H10ClNO4S/c15-10-5-6-12(16(19)20)9(7-10)8-21-13-4-2-1-3-11(13)14(17)18/h1-7H,8H2,(H,17,18). The highest BCUT2D eigenvalue weighted by Crippen LogP contribution is 2.31. The summed E-state index contributed by atoms with van der Waals surface area (Å²) in [5.41, 5.74) is 0.601.